The third-order valence-electron chi connectivity index (χ3n) is 3.93. The number of aliphatic imine (C=N–C) groups is 1. The third kappa shape index (κ3) is 6.72. The lowest BCUT2D eigenvalue weighted by Gasteiger charge is -2.24. The van der Waals surface area contributed by atoms with Gasteiger partial charge in [-0.15, -0.1) is 0 Å². The number of benzene rings is 1. The second kappa shape index (κ2) is 9.77. The molecule has 0 atom stereocenters. The van der Waals surface area contributed by atoms with Crippen LogP contribution in [0.15, 0.2) is 53.7 Å². The van der Waals surface area contributed by atoms with Crippen LogP contribution in [0.25, 0.3) is 0 Å². The molecule has 6 nitrogen and oxygen atoms in total. The summed E-state index contributed by atoms with van der Waals surface area (Å²) in [4.78, 5) is 8.50. The van der Waals surface area contributed by atoms with Crippen LogP contribution in [0, 0.1) is 0 Å². The highest BCUT2D eigenvalue weighted by molar-refractivity contribution is 5.79. The van der Waals surface area contributed by atoms with Crippen molar-refractivity contribution in [1.82, 2.24) is 15.6 Å². The van der Waals surface area contributed by atoms with E-state index in [9.17, 15) is 0 Å². The lowest BCUT2D eigenvalue weighted by molar-refractivity contribution is 0.0268. The van der Waals surface area contributed by atoms with Gasteiger partial charge in [-0.25, -0.2) is 0 Å². The van der Waals surface area contributed by atoms with Crippen LogP contribution in [-0.4, -0.2) is 37.2 Å². The minimum atomic E-state index is -0.253. The van der Waals surface area contributed by atoms with Crippen LogP contribution < -0.4 is 15.4 Å². The number of hydrogen-bond donors (Lipinski definition) is 2. The minimum Gasteiger partial charge on any atom is -0.487 e. The first-order chi connectivity index (χ1) is 12.5. The molecule has 0 radical (unpaired) electrons. The molecule has 1 aromatic carbocycles. The molecule has 26 heavy (non-hydrogen) atoms. The molecule has 1 aromatic heterocycles. The molecule has 0 saturated heterocycles. The van der Waals surface area contributed by atoms with Crippen LogP contribution in [-0.2, 0) is 17.9 Å². The Morgan fingerprint density at radius 1 is 1.15 bits per heavy atom. The van der Waals surface area contributed by atoms with Gasteiger partial charge in [0.2, 0.25) is 0 Å². The van der Waals surface area contributed by atoms with E-state index in [-0.39, 0.29) is 5.60 Å². The van der Waals surface area contributed by atoms with Gasteiger partial charge in [0.15, 0.2) is 5.96 Å². The lowest BCUT2D eigenvalue weighted by atomic mass is 10.1. The summed E-state index contributed by atoms with van der Waals surface area (Å²) in [7, 11) is 3.45. The van der Waals surface area contributed by atoms with E-state index in [4.69, 9.17) is 9.47 Å². The molecule has 0 bridgehead atoms. The summed E-state index contributed by atoms with van der Waals surface area (Å²) < 4.78 is 11.2. The van der Waals surface area contributed by atoms with Crippen molar-refractivity contribution >= 4 is 5.96 Å². The third-order valence-corrected chi connectivity index (χ3v) is 3.93. The fraction of sp³-hybridized carbons (Fsp3) is 0.400. The van der Waals surface area contributed by atoms with Gasteiger partial charge in [-0.3, -0.25) is 9.98 Å². The maximum absolute atomic E-state index is 5.82. The van der Waals surface area contributed by atoms with Gasteiger partial charge in [0.25, 0.3) is 0 Å². The topological polar surface area (TPSA) is 67.8 Å². The first-order valence-electron chi connectivity index (χ1n) is 8.64. The van der Waals surface area contributed by atoms with Gasteiger partial charge in [0, 0.05) is 33.4 Å². The lowest BCUT2D eigenvalue weighted by Crippen LogP contribution is -2.45. The fourth-order valence-electron chi connectivity index (χ4n) is 2.16. The maximum Gasteiger partial charge on any atom is 0.191 e. The minimum absolute atomic E-state index is 0.253. The number of guanidine groups is 1. The summed E-state index contributed by atoms with van der Waals surface area (Å²) in [5.41, 5.74) is 1.76. The highest BCUT2D eigenvalue weighted by Crippen LogP contribution is 2.14. The summed E-state index contributed by atoms with van der Waals surface area (Å²) in [5, 5.41) is 6.57. The molecule has 2 rings (SSSR count). The van der Waals surface area contributed by atoms with Crippen LogP contribution in [0.2, 0.25) is 0 Å². The molecule has 2 N–H and O–H groups in total. The first-order valence-corrected chi connectivity index (χ1v) is 8.64. The largest absolute Gasteiger partial charge is 0.487 e. The van der Waals surface area contributed by atoms with Crippen LogP contribution >= 0.6 is 0 Å². The first kappa shape index (κ1) is 19.7. The summed E-state index contributed by atoms with van der Waals surface area (Å²) in [6.07, 6.45) is 1.77. The SMILES string of the molecule is CN=C(NCc1cccc(OCc2ccccn2)c1)NCC(C)(C)OC. The quantitative estimate of drug-likeness (QED) is 0.562. The van der Waals surface area contributed by atoms with Crippen molar-refractivity contribution in [3.63, 3.8) is 0 Å². The van der Waals surface area contributed by atoms with Crippen LogP contribution in [0.5, 0.6) is 5.75 Å². The van der Waals surface area contributed by atoms with Crippen molar-refractivity contribution in [2.24, 2.45) is 4.99 Å². The molecule has 0 saturated carbocycles. The molecule has 0 aliphatic carbocycles. The number of methoxy groups -OCH3 is 1. The highest BCUT2D eigenvalue weighted by atomic mass is 16.5. The Morgan fingerprint density at radius 3 is 2.69 bits per heavy atom. The molecule has 140 valence electrons. The second-order valence-electron chi connectivity index (χ2n) is 6.50. The van der Waals surface area contributed by atoms with Gasteiger partial charge in [-0.2, -0.15) is 0 Å². The Balaban J connectivity index is 1.85. The Morgan fingerprint density at radius 2 is 2.00 bits per heavy atom. The van der Waals surface area contributed by atoms with Crippen LogP contribution in [0.1, 0.15) is 25.1 Å². The van der Waals surface area contributed by atoms with Crippen molar-refractivity contribution in [2.45, 2.75) is 32.6 Å². The van der Waals surface area contributed by atoms with Gasteiger partial charge in [-0.1, -0.05) is 18.2 Å². The number of nitrogens with zero attached hydrogens (tertiary/aromatic N) is 2. The number of pyridine rings is 1. The molecule has 0 amide bonds. The number of aromatic nitrogens is 1. The zero-order valence-electron chi connectivity index (χ0n) is 16.0. The maximum atomic E-state index is 5.82. The predicted molar refractivity (Wildman–Crippen MR) is 104 cm³/mol. The summed E-state index contributed by atoms with van der Waals surface area (Å²) in [6, 6.07) is 13.8. The van der Waals surface area contributed by atoms with Crippen molar-refractivity contribution in [2.75, 3.05) is 20.7 Å². The van der Waals surface area contributed by atoms with Gasteiger partial charge in [-0.05, 0) is 43.7 Å². The van der Waals surface area contributed by atoms with Crippen molar-refractivity contribution in [3.05, 3.63) is 59.9 Å². The fourth-order valence-corrected chi connectivity index (χ4v) is 2.16. The number of hydrogen-bond acceptors (Lipinski definition) is 4. The van der Waals surface area contributed by atoms with E-state index in [1.807, 2.05) is 56.3 Å². The molecule has 0 aliphatic heterocycles. The van der Waals surface area contributed by atoms with E-state index in [1.165, 1.54) is 0 Å². The average Bonchev–Trinajstić information content (AvgIpc) is 2.67. The summed E-state index contributed by atoms with van der Waals surface area (Å²) in [5.74, 6) is 1.55. The highest BCUT2D eigenvalue weighted by Gasteiger charge is 2.16. The molecule has 2 aromatic rings. The van der Waals surface area contributed by atoms with E-state index in [0.29, 0.717) is 19.7 Å². The molecule has 0 fully saturated rings. The smallest absolute Gasteiger partial charge is 0.191 e. The predicted octanol–water partition coefficient (Wildman–Crippen LogP) is 2.75. The van der Waals surface area contributed by atoms with Crippen LogP contribution in [0.3, 0.4) is 0 Å². The van der Waals surface area contributed by atoms with Crippen LogP contribution in [0.4, 0.5) is 0 Å². The number of rotatable bonds is 8. The molecule has 0 spiro atoms. The Labute approximate surface area is 155 Å². The summed E-state index contributed by atoms with van der Waals surface area (Å²) >= 11 is 0. The van der Waals surface area contributed by atoms with E-state index in [2.05, 4.69) is 20.6 Å². The Hall–Kier alpha value is -2.60. The molecule has 0 aliphatic rings. The number of nitrogens with one attached hydrogen (secondary N) is 2. The zero-order chi connectivity index (χ0) is 18.8. The number of ether oxygens (including phenoxy) is 2. The van der Waals surface area contributed by atoms with E-state index in [0.717, 1.165) is 23.0 Å². The molecular weight excluding hydrogens is 328 g/mol. The average molecular weight is 356 g/mol. The molecule has 6 heteroatoms. The Bertz CT molecular complexity index is 702. The standard InChI is InChI=1S/C20H28N4O2/c1-20(2,25-4)15-24-19(21-3)23-13-16-8-7-10-18(12-16)26-14-17-9-5-6-11-22-17/h5-12H,13-15H2,1-4H3,(H2,21,23,24). The molecule has 1 heterocycles. The van der Waals surface area contributed by atoms with Crippen molar-refractivity contribution < 1.29 is 9.47 Å². The van der Waals surface area contributed by atoms with Gasteiger partial charge < -0.3 is 20.1 Å². The van der Waals surface area contributed by atoms with Gasteiger partial charge in [0.05, 0.1) is 11.3 Å². The van der Waals surface area contributed by atoms with Gasteiger partial charge >= 0.3 is 0 Å². The molecular formula is C20H28N4O2. The molecule has 0 unspecified atom stereocenters. The van der Waals surface area contributed by atoms with Crippen molar-refractivity contribution in [1.29, 1.82) is 0 Å². The zero-order valence-corrected chi connectivity index (χ0v) is 16.0. The van der Waals surface area contributed by atoms with E-state index >= 15 is 0 Å². The Kier molecular flexibility index (Phi) is 7.41. The monoisotopic (exact) mass is 356 g/mol. The van der Waals surface area contributed by atoms with Crippen molar-refractivity contribution in [3.8, 4) is 5.75 Å². The normalized spacial score (nSPS) is 11.9. The van der Waals surface area contributed by atoms with E-state index < -0.39 is 0 Å². The van der Waals surface area contributed by atoms with E-state index in [1.54, 1.807) is 20.4 Å². The summed E-state index contributed by atoms with van der Waals surface area (Å²) in [6.45, 7) is 5.81. The second-order valence-corrected chi connectivity index (χ2v) is 6.50. The van der Waals surface area contributed by atoms with Gasteiger partial charge in [0.1, 0.15) is 12.4 Å².